The van der Waals surface area contributed by atoms with E-state index < -0.39 is 38.5 Å². The normalized spacial score (nSPS) is 12.3. The smallest absolute Gasteiger partial charge is 0.341 e. The number of aryl methyl sites for hydroxylation is 2. The Morgan fingerprint density at radius 2 is 1.55 bits per heavy atom. The lowest BCUT2D eigenvalue weighted by Gasteiger charge is -2.19. The van der Waals surface area contributed by atoms with Crippen molar-refractivity contribution in [2.24, 2.45) is 0 Å². The van der Waals surface area contributed by atoms with E-state index in [9.17, 15) is 26.8 Å². The van der Waals surface area contributed by atoms with Crippen molar-refractivity contribution >= 4 is 27.4 Å². The van der Waals surface area contributed by atoms with Gasteiger partial charge < -0.3 is 10.1 Å². The number of amides is 1. The molecule has 0 saturated carbocycles. The van der Waals surface area contributed by atoms with Crippen molar-refractivity contribution < 1.29 is 31.5 Å². The highest BCUT2D eigenvalue weighted by molar-refractivity contribution is 7.91. The average molecular weight is 473 g/mol. The lowest BCUT2D eigenvalue weighted by Crippen LogP contribution is -2.26. The monoisotopic (exact) mass is 473 g/mol. The molecule has 33 heavy (non-hydrogen) atoms. The fraction of sp³-hybridized carbons (Fsp3) is 0.167. The van der Waals surface area contributed by atoms with Crippen LogP contribution in [0.15, 0.2) is 77.7 Å². The number of benzene rings is 3. The summed E-state index contributed by atoms with van der Waals surface area (Å²) in [6.45, 7) is 3.70. The molecule has 1 atom stereocenters. The zero-order valence-corrected chi connectivity index (χ0v) is 18.6. The van der Waals surface area contributed by atoms with Gasteiger partial charge in [0.1, 0.15) is 0 Å². The van der Waals surface area contributed by atoms with Crippen molar-refractivity contribution in [3.8, 4) is 0 Å². The summed E-state index contributed by atoms with van der Waals surface area (Å²) in [6.07, 6.45) is -1.30. The van der Waals surface area contributed by atoms with E-state index in [0.717, 1.165) is 35.4 Å². The van der Waals surface area contributed by atoms with Crippen LogP contribution in [0, 0.1) is 13.8 Å². The van der Waals surface area contributed by atoms with Crippen LogP contribution in [-0.4, -0.2) is 26.1 Å². The second kappa shape index (κ2) is 9.91. The van der Waals surface area contributed by atoms with Crippen molar-refractivity contribution in [1.29, 1.82) is 0 Å². The van der Waals surface area contributed by atoms with Crippen LogP contribution >= 0.6 is 0 Å². The van der Waals surface area contributed by atoms with Crippen LogP contribution < -0.4 is 5.32 Å². The summed E-state index contributed by atoms with van der Waals surface area (Å²) in [5.74, 6) is -5.08. The first-order valence-corrected chi connectivity index (χ1v) is 11.4. The highest BCUT2D eigenvalue weighted by Gasteiger charge is 2.28. The van der Waals surface area contributed by atoms with Gasteiger partial charge in [0, 0.05) is 11.3 Å². The van der Waals surface area contributed by atoms with E-state index >= 15 is 0 Å². The average Bonchev–Trinajstić information content (AvgIpc) is 2.80. The maximum absolute atomic E-state index is 13.1. The van der Waals surface area contributed by atoms with Gasteiger partial charge in [-0.15, -0.1) is 0 Å². The van der Waals surface area contributed by atoms with Crippen LogP contribution in [0.2, 0.25) is 0 Å². The molecule has 0 heterocycles. The molecule has 0 aromatic heterocycles. The van der Waals surface area contributed by atoms with Gasteiger partial charge in [-0.25, -0.2) is 13.2 Å². The van der Waals surface area contributed by atoms with Crippen LogP contribution in [0.3, 0.4) is 0 Å². The summed E-state index contributed by atoms with van der Waals surface area (Å²) in [5.41, 5.74) is 2.65. The number of ether oxygens (including phenoxy) is 1. The van der Waals surface area contributed by atoms with Gasteiger partial charge in [-0.05, 0) is 55.3 Å². The number of anilines is 1. The zero-order valence-electron chi connectivity index (χ0n) is 17.8. The van der Waals surface area contributed by atoms with Crippen molar-refractivity contribution in [3.05, 3.63) is 95.1 Å². The number of hydrogen-bond donors (Lipinski definition) is 1. The molecule has 0 fully saturated rings. The number of sulfone groups is 1. The Morgan fingerprint density at radius 1 is 0.909 bits per heavy atom. The first kappa shape index (κ1) is 24.1. The molecule has 0 aliphatic heterocycles. The Balaban J connectivity index is 1.86. The Labute approximate surface area is 190 Å². The summed E-state index contributed by atoms with van der Waals surface area (Å²) in [7, 11) is -4.79. The molecule has 3 aromatic rings. The number of halogens is 2. The van der Waals surface area contributed by atoms with Crippen LogP contribution in [-0.2, 0) is 19.4 Å². The summed E-state index contributed by atoms with van der Waals surface area (Å²) in [4.78, 5) is 25.1. The molecular formula is C24H21F2NO5S. The summed E-state index contributed by atoms with van der Waals surface area (Å²) < 4.78 is 54.0. The van der Waals surface area contributed by atoms with Crippen LogP contribution in [0.5, 0.6) is 0 Å². The molecule has 0 aliphatic rings. The zero-order chi connectivity index (χ0) is 24.2. The molecule has 1 N–H and O–H groups in total. The lowest BCUT2D eigenvalue weighted by molar-refractivity contribution is -0.125. The van der Waals surface area contributed by atoms with Gasteiger partial charge in [-0.3, -0.25) is 4.79 Å². The Morgan fingerprint density at radius 3 is 2.15 bits per heavy atom. The van der Waals surface area contributed by atoms with Gasteiger partial charge >= 0.3 is 11.7 Å². The van der Waals surface area contributed by atoms with E-state index in [0.29, 0.717) is 11.3 Å². The van der Waals surface area contributed by atoms with E-state index in [1.165, 1.54) is 0 Å². The molecule has 0 aliphatic carbocycles. The largest absolute Gasteiger partial charge is 0.444 e. The van der Waals surface area contributed by atoms with Crippen molar-refractivity contribution in [2.45, 2.75) is 30.6 Å². The molecule has 1 unspecified atom stereocenters. The Bertz CT molecular complexity index is 1260. The number of carbonyl (C=O) groups excluding carboxylic acids is 2. The van der Waals surface area contributed by atoms with E-state index in [-0.39, 0.29) is 5.56 Å². The molecule has 172 valence electrons. The summed E-state index contributed by atoms with van der Waals surface area (Å²) in [6, 6.07) is 17.8. The van der Waals surface area contributed by atoms with Gasteiger partial charge in [0.15, 0.2) is 0 Å². The van der Waals surface area contributed by atoms with Gasteiger partial charge in [0.25, 0.3) is 5.91 Å². The maximum atomic E-state index is 13.1. The van der Waals surface area contributed by atoms with Gasteiger partial charge in [-0.1, -0.05) is 42.5 Å². The third kappa shape index (κ3) is 5.61. The first-order chi connectivity index (χ1) is 15.6. The second-order valence-corrected chi connectivity index (χ2v) is 9.25. The second-order valence-electron chi connectivity index (χ2n) is 7.33. The minimum Gasteiger partial charge on any atom is -0.444 e. The number of rotatable bonds is 7. The Kier molecular flexibility index (Phi) is 7.23. The molecule has 3 rings (SSSR count). The molecule has 9 heteroatoms. The topological polar surface area (TPSA) is 89.5 Å². The highest BCUT2D eigenvalue weighted by atomic mass is 32.2. The summed E-state index contributed by atoms with van der Waals surface area (Å²) >= 11 is 0. The summed E-state index contributed by atoms with van der Waals surface area (Å²) in [5, 5.41) is 2.77. The SMILES string of the molecule is Cc1ccc(C)c(NC(=O)C(OC(=O)c2ccc(S(=O)(=O)C(F)F)cc2)c2ccccc2)c1. The van der Waals surface area contributed by atoms with Crippen LogP contribution in [0.25, 0.3) is 0 Å². The third-order valence-corrected chi connectivity index (χ3v) is 6.27. The number of carbonyl (C=O) groups is 2. The van der Waals surface area contributed by atoms with Crippen LogP contribution in [0.1, 0.15) is 33.2 Å². The molecule has 1 amide bonds. The molecule has 6 nitrogen and oxygen atoms in total. The standard InChI is InChI=1S/C24H21F2NO5S/c1-15-8-9-16(2)20(14-15)27-22(28)21(17-6-4-3-5-7-17)32-23(29)18-10-12-19(13-11-18)33(30,31)24(25)26/h3-14,21,24H,1-2H3,(H,27,28). The quantitative estimate of drug-likeness (QED) is 0.496. The number of nitrogens with one attached hydrogen (secondary N) is 1. The van der Waals surface area contributed by atoms with Crippen molar-refractivity contribution in [3.63, 3.8) is 0 Å². The molecule has 0 spiro atoms. The fourth-order valence-electron chi connectivity index (χ4n) is 3.03. The predicted octanol–water partition coefficient (Wildman–Crippen LogP) is 4.84. The third-order valence-electron chi connectivity index (χ3n) is 4.87. The van der Waals surface area contributed by atoms with E-state index in [2.05, 4.69) is 5.32 Å². The lowest BCUT2D eigenvalue weighted by atomic mass is 10.1. The number of hydrogen-bond acceptors (Lipinski definition) is 5. The van der Waals surface area contributed by atoms with E-state index in [1.54, 1.807) is 36.4 Å². The molecule has 0 saturated heterocycles. The molecule has 0 bridgehead atoms. The fourth-order valence-corrected chi connectivity index (χ4v) is 3.75. The predicted molar refractivity (Wildman–Crippen MR) is 119 cm³/mol. The Hall–Kier alpha value is -3.59. The van der Waals surface area contributed by atoms with E-state index in [4.69, 9.17) is 4.74 Å². The minimum atomic E-state index is -4.79. The number of alkyl halides is 2. The molecule has 3 aromatic carbocycles. The van der Waals surface area contributed by atoms with Gasteiger partial charge in [-0.2, -0.15) is 8.78 Å². The molecular weight excluding hydrogens is 452 g/mol. The maximum Gasteiger partial charge on any atom is 0.341 e. The number of esters is 1. The van der Waals surface area contributed by atoms with Gasteiger partial charge in [0.2, 0.25) is 15.9 Å². The van der Waals surface area contributed by atoms with Crippen LogP contribution in [0.4, 0.5) is 14.5 Å². The van der Waals surface area contributed by atoms with E-state index in [1.807, 2.05) is 26.0 Å². The molecule has 0 radical (unpaired) electrons. The van der Waals surface area contributed by atoms with Crippen molar-refractivity contribution in [2.75, 3.05) is 5.32 Å². The first-order valence-electron chi connectivity index (χ1n) is 9.86. The highest BCUT2D eigenvalue weighted by Crippen LogP contribution is 2.25. The minimum absolute atomic E-state index is 0.0938. The van der Waals surface area contributed by atoms with Gasteiger partial charge in [0.05, 0.1) is 10.5 Å². The van der Waals surface area contributed by atoms with Crippen molar-refractivity contribution in [1.82, 2.24) is 0 Å².